The smallest absolute Gasteiger partial charge is 0.239 e. The second-order valence-corrected chi connectivity index (χ2v) is 4.15. The molecule has 0 aromatic rings. The first kappa shape index (κ1) is 14.9. The summed E-state index contributed by atoms with van der Waals surface area (Å²) < 4.78 is 0. The van der Waals surface area contributed by atoms with Crippen LogP contribution in [0.5, 0.6) is 0 Å². The molecule has 0 aromatic heterocycles. The highest BCUT2D eigenvalue weighted by atomic mass is 16.2. The van der Waals surface area contributed by atoms with E-state index in [1.165, 1.54) is 0 Å². The van der Waals surface area contributed by atoms with Gasteiger partial charge in [-0.2, -0.15) is 0 Å². The van der Waals surface area contributed by atoms with Crippen LogP contribution in [0.3, 0.4) is 0 Å². The lowest BCUT2D eigenvalue weighted by Gasteiger charge is -2.17. The Morgan fingerprint density at radius 1 is 1.25 bits per heavy atom. The summed E-state index contributed by atoms with van der Waals surface area (Å²) in [4.78, 5) is 22.9. The SMILES string of the molecule is CCCNC(=O)CNC(=O)C(CN)C(C)C. The molecule has 1 unspecified atom stereocenters. The third-order valence-corrected chi connectivity index (χ3v) is 2.39. The predicted molar refractivity (Wildman–Crippen MR) is 63.7 cm³/mol. The van der Waals surface area contributed by atoms with Crippen molar-refractivity contribution in [2.75, 3.05) is 19.6 Å². The van der Waals surface area contributed by atoms with Gasteiger partial charge in [0.15, 0.2) is 0 Å². The first-order valence-corrected chi connectivity index (χ1v) is 5.77. The molecule has 0 saturated heterocycles. The molecular weight excluding hydrogens is 206 g/mol. The lowest BCUT2D eigenvalue weighted by molar-refractivity contribution is -0.129. The Bertz CT molecular complexity index is 229. The van der Waals surface area contributed by atoms with Crippen LogP contribution in [0, 0.1) is 11.8 Å². The molecule has 0 aliphatic carbocycles. The molecule has 0 radical (unpaired) electrons. The van der Waals surface area contributed by atoms with Crippen LogP contribution in [0.25, 0.3) is 0 Å². The quantitative estimate of drug-likeness (QED) is 0.568. The maximum absolute atomic E-state index is 11.6. The van der Waals surface area contributed by atoms with E-state index in [0.29, 0.717) is 13.1 Å². The van der Waals surface area contributed by atoms with E-state index in [0.717, 1.165) is 6.42 Å². The second-order valence-electron chi connectivity index (χ2n) is 4.15. The monoisotopic (exact) mass is 229 g/mol. The number of hydrogen-bond acceptors (Lipinski definition) is 3. The van der Waals surface area contributed by atoms with Gasteiger partial charge in [-0.25, -0.2) is 0 Å². The van der Waals surface area contributed by atoms with E-state index in [2.05, 4.69) is 10.6 Å². The van der Waals surface area contributed by atoms with E-state index in [1.807, 2.05) is 20.8 Å². The van der Waals surface area contributed by atoms with Crippen LogP contribution in [0.1, 0.15) is 27.2 Å². The second kappa shape index (κ2) is 8.10. The molecule has 0 aliphatic rings. The van der Waals surface area contributed by atoms with Gasteiger partial charge in [-0.1, -0.05) is 20.8 Å². The zero-order valence-electron chi connectivity index (χ0n) is 10.4. The molecule has 0 fully saturated rings. The van der Waals surface area contributed by atoms with Gasteiger partial charge in [-0.3, -0.25) is 9.59 Å². The van der Waals surface area contributed by atoms with Crippen molar-refractivity contribution in [1.29, 1.82) is 0 Å². The minimum absolute atomic E-state index is 0.0298. The number of nitrogens with one attached hydrogen (secondary N) is 2. The van der Waals surface area contributed by atoms with Crippen molar-refractivity contribution in [2.24, 2.45) is 17.6 Å². The minimum Gasteiger partial charge on any atom is -0.355 e. The molecule has 0 heterocycles. The maximum Gasteiger partial charge on any atom is 0.239 e. The molecule has 1 atom stereocenters. The van der Waals surface area contributed by atoms with Gasteiger partial charge in [0, 0.05) is 13.1 Å². The van der Waals surface area contributed by atoms with Gasteiger partial charge in [0.1, 0.15) is 0 Å². The van der Waals surface area contributed by atoms with E-state index in [9.17, 15) is 9.59 Å². The molecule has 0 aliphatic heterocycles. The van der Waals surface area contributed by atoms with Crippen molar-refractivity contribution in [3.05, 3.63) is 0 Å². The Labute approximate surface area is 97.2 Å². The van der Waals surface area contributed by atoms with Gasteiger partial charge in [0.25, 0.3) is 0 Å². The third-order valence-electron chi connectivity index (χ3n) is 2.39. The molecule has 4 N–H and O–H groups in total. The highest BCUT2D eigenvalue weighted by molar-refractivity contribution is 5.85. The summed E-state index contributed by atoms with van der Waals surface area (Å²) in [7, 11) is 0. The topological polar surface area (TPSA) is 84.2 Å². The van der Waals surface area contributed by atoms with Gasteiger partial charge in [-0.05, 0) is 12.3 Å². The van der Waals surface area contributed by atoms with Crippen molar-refractivity contribution in [3.63, 3.8) is 0 Å². The van der Waals surface area contributed by atoms with E-state index >= 15 is 0 Å². The molecule has 0 spiro atoms. The summed E-state index contributed by atoms with van der Waals surface area (Å²) in [6.07, 6.45) is 0.886. The summed E-state index contributed by atoms with van der Waals surface area (Å²) >= 11 is 0. The average molecular weight is 229 g/mol. The van der Waals surface area contributed by atoms with Crippen LogP contribution < -0.4 is 16.4 Å². The highest BCUT2D eigenvalue weighted by Crippen LogP contribution is 2.08. The molecule has 5 heteroatoms. The minimum atomic E-state index is -0.223. The van der Waals surface area contributed by atoms with Crippen molar-refractivity contribution >= 4 is 11.8 Å². The number of hydrogen-bond donors (Lipinski definition) is 3. The van der Waals surface area contributed by atoms with Crippen molar-refractivity contribution in [3.8, 4) is 0 Å². The number of rotatable bonds is 7. The molecule has 5 nitrogen and oxygen atoms in total. The Kier molecular flexibility index (Phi) is 7.54. The Balaban J connectivity index is 3.91. The summed E-state index contributed by atoms with van der Waals surface area (Å²) in [6.45, 7) is 6.83. The van der Waals surface area contributed by atoms with Crippen molar-refractivity contribution in [1.82, 2.24) is 10.6 Å². The molecule has 0 rings (SSSR count). The maximum atomic E-state index is 11.6. The highest BCUT2D eigenvalue weighted by Gasteiger charge is 2.20. The van der Waals surface area contributed by atoms with E-state index in [1.54, 1.807) is 0 Å². The Morgan fingerprint density at radius 2 is 1.88 bits per heavy atom. The summed E-state index contributed by atoms with van der Waals surface area (Å²) in [5.41, 5.74) is 5.50. The normalized spacial score (nSPS) is 12.3. The fraction of sp³-hybridized carbons (Fsp3) is 0.818. The lowest BCUT2D eigenvalue weighted by Crippen LogP contribution is -2.43. The molecule has 0 aromatic carbocycles. The Morgan fingerprint density at radius 3 is 2.31 bits per heavy atom. The van der Waals surface area contributed by atoms with E-state index in [-0.39, 0.29) is 30.2 Å². The molecule has 0 bridgehead atoms. The van der Waals surface area contributed by atoms with E-state index in [4.69, 9.17) is 5.73 Å². The first-order valence-electron chi connectivity index (χ1n) is 5.77. The van der Waals surface area contributed by atoms with Crippen LogP contribution >= 0.6 is 0 Å². The average Bonchev–Trinajstić information content (AvgIpc) is 2.23. The van der Waals surface area contributed by atoms with Crippen LogP contribution in [0.4, 0.5) is 0 Å². The van der Waals surface area contributed by atoms with Crippen molar-refractivity contribution < 1.29 is 9.59 Å². The van der Waals surface area contributed by atoms with Gasteiger partial charge < -0.3 is 16.4 Å². The van der Waals surface area contributed by atoms with Crippen LogP contribution in [0.15, 0.2) is 0 Å². The lowest BCUT2D eigenvalue weighted by atomic mass is 9.95. The molecule has 2 amide bonds. The molecular formula is C11H23N3O2. The van der Waals surface area contributed by atoms with Crippen LogP contribution in [-0.4, -0.2) is 31.4 Å². The molecule has 16 heavy (non-hydrogen) atoms. The number of amides is 2. The summed E-state index contributed by atoms with van der Waals surface area (Å²) in [5, 5.41) is 5.28. The third kappa shape index (κ3) is 5.70. The zero-order valence-corrected chi connectivity index (χ0v) is 10.4. The number of carbonyl (C=O) groups is 2. The van der Waals surface area contributed by atoms with Gasteiger partial charge in [0.2, 0.25) is 11.8 Å². The van der Waals surface area contributed by atoms with Crippen LogP contribution in [0.2, 0.25) is 0 Å². The van der Waals surface area contributed by atoms with Gasteiger partial charge in [0.05, 0.1) is 12.5 Å². The fourth-order valence-corrected chi connectivity index (χ4v) is 1.31. The zero-order chi connectivity index (χ0) is 12.6. The standard InChI is InChI=1S/C11H23N3O2/c1-4-5-13-10(15)7-14-11(16)9(6-12)8(2)3/h8-9H,4-7,12H2,1-3H3,(H,13,15)(H,14,16). The summed E-state index contributed by atoms with van der Waals surface area (Å²) in [5.74, 6) is -0.346. The number of carbonyl (C=O) groups excluding carboxylic acids is 2. The van der Waals surface area contributed by atoms with E-state index < -0.39 is 0 Å². The first-order chi connectivity index (χ1) is 7.52. The van der Waals surface area contributed by atoms with Gasteiger partial charge >= 0.3 is 0 Å². The predicted octanol–water partition coefficient (Wildman–Crippen LogP) is -0.140. The number of nitrogens with two attached hydrogens (primary N) is 1. The fourth-order valence-electron chi connectivity index (χ4n) is 1.31. The van der Waals surface area contributed by atoms with Crippen molar-refractivity contribution in [2.45, 2.75) is 27.2 Å². The van der Waals surface area contributed by atoms with Gasteiger partial charge in [-0.15, -0.1) is 0 Å². The van der Waals surface area contributed by atoms with Crippen LogP contribution in [-0.2, 0) is 9.59 Å². The Hall–Kier alpha value is -1.10. The summed E-state index contributed by atoms with van der Waals surface area (Å²) in [6, 6.07) is 0. The molecule has 94 valence electrons. The largest absolute Gasteiger partial charge is 0.355 e. The molecule has 0 saturated carbocycles.